The highest BCUT2D eigenvalue weighted by molar-refractivity contribution is 7.89. The fourth-order valence-corrected chi connectivity index (χ4v) is 5.51. The van der Waals surface area contributed by atoms with E-state index in [0.29, 0.717) is 23.9 Å². The highest BCUT2D eigenvalue weighted by atomic mass is 32.2. The van der Waals surface area contributed by atoms with Crippen molar-refractivity contribution in [1.29, 1.82) is 0 Å². The van der Waals surface area contributed by atoms with E-state index in [1.54, 1.807) is 22.6 Å². The monoisotopic (exact) mass is 357 g/mol. The average Bonchev–Trinajstić information content (AvgIpc) is 2.96. The van der Waals surface area contributed by atoms with Crippen LogP contribution in [0.5, 0.6) is 0 Å². The van der Waals surface area contributed by atoms with E-state index in [-0.39, 0.29) is 6.04 Å². The molecule has 1 aromatic carbocycles. The van der Waals surface area contributed by atoms with Crippen molar-refractivity contribution in [3.05, 3.63) is 60.4 Å². The number of sulfonamides is 1. The number of nitrogens with zero attached hydrogens (tertiary/aromatic N) is 3. The average molecular weight is 357 g/mol. The maximum Gasteiger partial charge on any atom is 0.244 e. The SMILES string of the molecule is O=S(=O)(c1cccnc1)N1C[C@H]2CC[C@@H](C1)N(Cc1ccccc1)C2. The Kier molecular flexibility index (Phi) is 4.58. The number of pyridine rings is 1. The largest absolute Gasteiger partial charge is 0.294 e. The van der Waals surface area contributed by atoms with Crippen molar-refractivity contribution in [3.63, 3.8) is 0 Å². The summed E-state index contributed by atoms with van der Waals surface area (Å²) in [5.41, 5.74) is 1.29. The zero-order valence-electron chi connectivity index (χ0n) is 14.2. The van der Waals surface area contributed by atoms with E-state index in [1.807, 2.05) is 6.07 Å². The normalized spacial score (nSPS) is 25.0. The second-order valence-corrected chi connectivity index (χ2v) is 8.96. The van der Waals surface area contributed by atoms with Gasteiger partial charge in [0.1, 0.15) is 4.90 Å². The number of aromatic nitrogens is 1. The van der Waals surface area contributed by atoms with Gasteiger partial charge in [0.15, 0.2) is 0 Å². The Hall–Kier alpha value is -1.76. The first kappa shape index (κ1) is 16.7. The van der Waals surface area contributed by atoms with Gasteiger partial charge in [-0.1, -0.05) is 30.3 Å². The summed E-state index contributed by atoms with van der Waals surface area (Å²) in [5.74, 6) is 0.397. The van der Waals surface area contributed by atoms with Gasteiger partial charge in [0, 0.05) is 44.6 Å². The third-order valence-electron chi connectivity index (χ3n) is 5.29. The summed E-state index contributed by atoms with van der Waals surface area (Å²) in [6.45, 7) is 3.04. The molecule has 3 saturated heterocycles. The molecular weight excluding hydrogens is 334 g/mol. The van der Waals surface area contributed by atoms with Crippen LogP contribution in [0.1, 0.15) is 18.4 Å². The minimum absolute atomic E-state index is 0.283. The Morgan fingerprint density at radius 3 is 2.60 bits per heavy atom. The first-order valence-corrected chi connectivity index (χ1v) is 10.2. The van der Waals surface area contributed by atoms with Crippen LogP contribution < -0.4 is 0 Å². The number of benzene rings is 1. The van der Waals surface area contributed by atoms with Gasteiger partial charge in [0.05, 0.1) is 0 Å². The highest BCUT2D eigenvalue weighted by Crippen LogP contribution is 2.31. The first-order chi connectivity index (χ1) is 12.1. The number of rotatable bonds is 4. The zero-order chi connectivity index (χ0) is 17.3. The fraction of sp³-hybridized carbons (Fsp3) is 0.421. The predicted octanol–water partition coefficient (Wildman–Crippen LogP) is 2.37. The van der Waals surface area contributed by atoms with Crippen molar-refractivity contribution in [3.8, 4) is 0 Å². The maximum atomic E-state index is 13.0. The lowest BCUT2D eigenvalue weighted by atomic mass is 9.94. The van der Waals surface area contributed by atoms with Crippen molar-refractivity contribution in [2.75, 3.05) is 19.6 Å². The minimum atomic E-state index is -3.46. The minimum Gasteiger partial charge on any atom is -0.294 e. The molecule has 0 spiro atoms. The molecule has 0 unspecified atom stereocenters. The summed E-state index contributed by atoms with van der Waals surface area (Å²) < 4.78 is 27.7. The second kappa shape index (κ2) is 6.86. The molecule has 6 heteroatoms. The molecule has 25 heavy (non-hydrogen) atoms. The molecule has 1 aromatic heterocycles. The van der Waals surface area contributed by atoms with Crippen LogP contribution >= 0.6 is 0 Å². The van der Waals surface area contributed by atoms with Gasteiger partial charge in [0.2, 0.25) is 10.0 Å². The summed E-state index contributed by atoms with van der Waals surface area (Å²) in [5, 5.41) is 0. The van der Waals surface area contributed by atoms with Gasteiger partial charge in [-0.25, -0.2) is 8.42 Å². The van der Waals surface area contributed by atoms with Crippen LogP contribution in [0.4, 0.5) is 0 Å². The Balaban J connectivity index is 1.55. The van der Waals surface area contributed by atoms with Crippen molar-refractivity contribution in [1.82, 2.24) is 14.2 Å². The summed E-state index contributed by atoms with van der Waals surface area (Å²) in [6, 6.07) is 14.0. The number of piperidine rings is 1. The Morgan fingerprint density at radius 2 is 1.84 bits per heavy atom. The quantitative estimate of drug-likeness (QED) is 0.843. The molecule has 0 N–H and O–H groups in total. The first-order valence-electron chi connectivity index (χ1n) is 8.81. The van der Waals surface area contributed by atoms with Crippen molar-refractivity contribution < 1.29 is 8.42 Å². The molecule has 4 heterocycles. The van der Waals surface area contributed by atoms with E-state index in [2.05, 4.69) is 34.1 Å². The Bertz CT molecular complexity index is 811. The predicted molar refractivity (Wildman–Crippen MR) is 96.4 cm³/mol. The van der Waals surface area contributed by atoms with Crippen LogP contribution in [0.15, 0.2) is 59.8 Å². The molecule has 2 atom stereocenters. The highest BCUT2D eigenvalue weighted by Gasteiger charge is 2.39. The van der Waals surface area contributed by atoms with Crippen LogP contribution in [-0.4, -0.2) is 48.3 Å². The zero-order valence-corrected chi connectivity index (χ0v) is 15.0. The summed E-state index contributed by atoms with van der Waals surface area (Å²) in [7, 11) is -3.46. The molecule has 2 aromatic rings. The molecular formula is C19H23N3O2S. The third kappa shape index (κ3) is 3.47. The lowest BCUT2D eigenvalue weighted by molar-refractivity contribution is 0.125. The van der Waals surface area contributed by atoms with E-state index in [9.17, 15) is 8.42 Å². The molecule has 3 aliphatic heterocycles. The van der Waals surface area contributed by atoms with Gasteiger partial charge < -0.3 is 0 Å². The van der Waals surface area contributed by atoms with Gasteiger partial charge in [-0.3, -0.25) is 9.88 Å². The van der Waals surface area contributed by atoms with E-state index in [1.165, 1.54) is 11.8 Å². The topological polar surface area (TPSA) is 53.5 Å². The van der Waals surface area contributed by atoms with Gasteiger partial charge in [-0.2, -0.15) is 4.31 Å². The molecule has 0 saturated carbocycles. The van der Waals surface area contributed by atoms with E-state index >= 15 is 0 Å². The molecule has 0 amide bonds. The molecule has 0 aliphatic carbocycles. The summed E-state index contributed by atoms with van der Waals surface area (Å²) >= 11 is 0. The van der Waals surface area contributed by atoms with Crippen molar-refractivity contribution >= 4 is 10.0 Å². The molecule has 2 bridgehead atoms. The van der Waals surface area contributed by atoms with E-state index in [0.717, 1.165) is 25.9 Å². The molecule has 5 rings (SSSR count). The number of fused-ring (bicyclic) bond motifs is 4. The Labute approximate surface area is 149 Å². The van der Waals surface area contributed by atoms with E-state index < -0.39 is 10.0 Å². The van der Waals surface area contributed by atoms with Crippen LogP contribution in [0.3, 0.4) is 0 Å². The van der Waals surface area contributed by atoms with Gasteiger partial charge in [0.25, 0.3) is 0 Å². The fourth-order valence-electron chi connectivity index (χ4n) is 3.99. The second-order valence-electron chi connectivity index (χ2n) is 7.02. The molecule has 5 nitrogen and oxygen atoms in total. The van der Waals surface area contributed by atoms with Crippen molar-refractivity contribution in [2.24, 2.45) is 5.92 Å². The van der Waals surface area contributed by atoms with Gasteiger partial charge in [-0.05, 0) is 36.5 Å². The molecule has 3 aliphatic rings. The van der Waals surface area contributed by atoms with Crippen LogP contribution in [0.2, 0.25) is 0 Å². The van der Waals surface area contributed by atoms with Gasteiger partial charge >= 0.3 is 0 Å². The molecule has 0 radical (unpaired) electrons. The number of hydrogen-bond acceptors (Lipinski definition) is 4. The van der Waals surface area contributed by atoms with Crippen molar-refractivity contribution in [2.45, 2.75) is 30.3 Å². The lowest BCUT2D eigenvalue weighted by Crippen LogP contribution is -2.43. The van der Waals surface area contributed by atoms with Crippen LogP contribution in [0.25, 0.3) is 0 Å². The van der Waals surface area contributed by atoms with Gasteiger partial charge in [-0.15, -0.1) is 0 Å². The van der Waals surface area contributed by atoms with Crippen LogP contribution in [0, 0.1) is 5.92 Å². The molecule has 132 valence electrons. The van der Waals surface area contributed by atoms with Crippen LogP contribution in [-0.2, 0) is 16.6 Å². The molecule has 3 fully saturated rings. The summed E-state index contributed by atoms with van der Waals surface area (Å²) in [6.07, 6.45) is 5.22. The third-order valence-corrected chi connectivity index (χ3v) is 7.11. The Morgan fingerprint density at radius 1 is 1.00 bits per heavy atom. The maximum absolute atomic E-state index is 13.0. The number of hydrogen-bond donors (Lipinski definition) is 0. The smallest absolute Gasteiger partial charge is 0.244 e. The standard InChI is InChI=1S/C19H23N3O2S/c23-25(24,19-7-4-10-20-11-19)22-14-17-8-9-18(15-22)21(13-17)12-16-5-2-1-3-6-16/h1-7,10-11,17-18H,8-9,12-15H2/t17-,18-/m0/s1. The van der Waals surface area contributed by atoms with E-state index in [4.69, 9.17) is 0 Å². The lowest BCUT2D eigenvalue weighted by Gasteiger charge is -2.36. The summed E-state index contributed by atoms with van der Waals surface area (Å²) in [4.78, 5) is 6.74.